The Balaban J connectivity index is 2.00. The lowest BCUT2D eigenvalue weighted by atomic mass is 9.90. The van der Waals surface area contributed by atoms with Gasteiger partial charge in [-0.25, -0.2) is 0 Å². The lowest BCUT2D eigenvalue weighted by molar-refractivity contribution is 0.894. The standard InChI is InChI=1S/C20H18N2/c21-11-9-19-13-15-1-5-17(19)8-4-16-2-6-18(7-3-15)20(14-16)10-12-22/h1-2,5-6,13-14H,3-4,7-10H2. The molecular formula is C20H18N2. The molecule has 2 heteroatoms. The zero-order valence-corrected chi connectivity index (χ0v) is 12.6. The van der Waals surface area contributed by atoms with Gasteiger partial charge in [-0.05, 0) is 59.1 Å². The van der Waals surface area contributed by atoms with Crippen molar-refractivity contribution in [3.05, 3.63) is 69.8 Å². The van der Waals surface area contributed by atoms with Crippen molar-refractivity contribution in [2.75, 3.05) is 0 Å². The minimum atomic E-state index is 0.487. The summed E-state index contributed by atoms with van der Waals surface area (Å²) in [7, 11) is 0. The molecule has 0 N–H and O–H groups in total. The van der Waals surface area contributed by atoms with Crippen LogP contribution in [0.1, 0.15) is 33.4 Å². The first kappa shape index (κ1) is 14.4. The molecule has 2 aromatic rings. The Kier molecular flexibility index (Phi) is 4.22. The molecule has 6 rings (SSSR count). The van der Waals surface area contributed by atoms with Gasteiger partial charge in [-0.1, -0.05) is 36.4 Å². The van der Waals surface area contributed by atoms with E-state index < -0.39 is 0 Å². The molecule has 4 aliphatic rings. The van der Waals surface area contributed by atoms with E-state index in [1.807, 2.05) is 0 Å². The predicted octanol–water partition coefficient (Wildman–Crippen LogP) is 3.70. The van der Waals surface area contributed by atoms with Gasteiger partial charge in [0.15, 0.2) is 0 Å². The SMILES string of the molecule is N#CCc1cc2ccc1CCc1ccc(c(CC#N)c1)CC2. The van der Waals surface area contributed by atoms with E-state index in [9.17, 15) is 0 Å². The van der Waals surface area contributed by atoms with Gasteiger partial charge < -0.3 is 0 Å². The minimum absolute atomic E-state index is 0.487. The average Bonchev–Trinajstić information content (AvgIpc) is 2.52. The van der Waals surface area contributed by atoms with E-state index in [4.69, 9.17) is 10.5 Å². The molecule has 0 aliphatic heterocycles. The Morgan fingerprint density at radius 1 is 0.682 bits per heavy atom. The van der Waals surface area contributed by atoms with Crippen molar-refractivity contribution >= 4 is 0 Å². The second kappa shape index (κ2) is 6.46. The van der Waals surface area contributed by atoms with E-state index in [1.165, 1.54) is 33.4 Å². The van der Waals surface area contributed by atoms with E-state index in [2.05, 4.69) is 48.5 Å². The summed E-state index contributed by atoms with van der Waals surface area (Å²) in [5, 5.41) is 18.1. The molecular weight excluding hydrogens is 268 g/mol. The van der Waals surface area contributed by atoms with Gasteiger partial charge in [-0.2, -0.15) is 10.5 Å². The van der Waals surface area contributed by atoms with Gasteiger partial charge in [-0.15, -0.1) is 0 Å². The second-order valence-corrected chi connectivity index (χ2v) is 5.88. The van der Waals surface area contributed by atoms with Crippen molar-refractivity contribution in [3.63, 3.8) is 0 Å². The molecule has 2 nitrogen and oxygen atoms in total. The van der Waals surface area contributed by atoms with Crippen LogP contribution in [0.3, 0.4) is 0 Å². The van der Waals surface area contributed by atoms with Gasteiger partial charge in [0.2, 0.25) is 0 Å². The molecule has 0 spiro atoms. The van der Waals surface area contributed by atoms with Crippen LogP contribution in [0, 0.1) is 22.7 Å². The maximum absolute atomic E-state index is 9.04. The van der Waals surface area contributed by atoms with E-state index in [0.717, 1.165) is 25.7 Å². The molecule has 108 valence electrons. The lowest BCUT2D eigenvalue weighted by Gasteiger charge is -2.15. The van der Waals surface area contributed by atoms with Gasteiger partial charge in [-0.3, -0.25) is 0 Å². The fraction of sp³-hybridized carbons (Fsp3) is 0.300. The summed E-state index contributed by atoms with van der Waals surface area (Å²) < 4.78 is 0. The molecule has 0 aromatic heterocycles. The summed E-state index contributed by atoms with van der Waals surface area (Å²) in [6.45, 7) is 0. The Bertz CT molecular complexity index is 708. The molecule has 22 heavy (non-hydrogen) atoms. The first-order valence-electron chi connectivity index (χ1n) is 7.75. The number of nitriles is 2. The zero-order chi connectivity index (χ0) is 15.4. The van der Waals surface area contributed by atoms with Gasteiger partial charge in [0, 0.05) is 0 Å². The van der Waals surface area contributed by atoms with Crippen molar-refractivity contribution in [3.8, 4) is 12.1 Å². The second-order valence-electron chi connectivity index (χ2n) is 5.88. The molecule has 0 saturated heterocycles. The van der Waals surface area contributed by atoms with Crippen LogP contribution >= 0.6 is 0 Å². The molecule has 0 radical (unpaired) electrons. The molecule has 0 unspecified atom stereocenters. The normalized spacial score (nSPS) is 13.0. The highest BCUT2D eigenvalue weighted by molar-refractivity contribution is 5.39. The van der Waals surface area contributed by atoms with Crippen LogP contribution < -0.4 is 0 Å². The number of rotatable bonds is 2. The maximum Gasteiger partial charge on any atom is 0.0669 e. The van der Waals surface area contributed by atoms with E-state index in [1.54, 1.807) is 0 Å². The number of hydrogen-bond acceptors (Lipinski definition) is 2. The predicted molar refractivity (Wildman–Crippen MR) is 86.3 cm³/mol. The van der Waals surface area contributed by atoms with E-state index in [0.29, 0.717) is 12.8 Å². The maximum atomic E-state index is 9.04. The summed E-state index contributed by atoms with van der Waals surface area (Å²) >= 11 is 0. The van der Waals surface area contributed by atoms with Crippen molar-refractivity contribution in [2.24, 2.45) is 0 Å². The zero-order valence-electron chi connectivity index (χ0n) is 12.6. The van der Waals surface area contributed by atoms with Crippen LogP contribution in [0.25, 0.3) is 0 Å². The van der Waals surface area contributed by atoms with Crippen LogP contribution in [0.2, 0.25) is 0 Å². The molecule has 0 heterocycles. The average molecular weight is 286 g/mol. The third kappa shape index (κ3) is 3.02. The summed E-state index contributed by atoms with van der Waals surface area (Å²) in [5.41, 5.74) is 7.45. The molecule has 0 saturated carbocycles. The molecule has 2 aromatic carbocycles. The summed E-state index contributed by atoms with van der Waals surface area (Å²) in [4.78, 5) is 0. The van der Waals surface area contributed by atoms with Crippen molar-refractivity contribution < 1.29 is 0 Å². The van der Waals surface area contributed by atoms with Crippen LogP contribution in [0.4, 0.5) is 0 Å². The Labute approximate surface area is 131 Å². The van der Waals surface area contributed by atoms with Gasteiger partial charge in [0.25, 0.3) is 0 Å². The van der Waals surface area contributed by atoms with Crippen molar-refractivity contribution in [1.29, 1.82) is 10.5 Å². The topological polar surface area (TPSA) is 47.6 Å². The number of benzene rings is 2. The Morgan fingerprint density at radius 3 is 1.55 bits per heavy atom. The molecule has 0 fully saturated rings. The highest BCUT2D eigenvalue weighted by Gasteiger charge is 2.10. The minimum Gasteiger partial charge on any atom is -0.198 e. The quantitative estimate of drug-likeness (QED) is 0.845. The summed E-state index contributed by atoms with van der Waals surface area (Å²) in [6, 6.07) is 17.7. The fourth-order valence-electron chi connectivity index (χ4n) is 3.21. The monoisotopic (exact) mass is 286 g/mol. The van der Waals surface area contributed by atoms with Crippen molar-refractivity contribution in [1.82, 2.24) is 0 Å². The van der Waals surface area contributed by atoms with Crippen LogP contribution in [0.15, 0.2) is 36.4 Å². The van der Waals surface area contributed by atoms with Gasteiger partial charge in [0.1, 0.15) is 0 Å². The smallest absolute Gasteiger partial charge is 0.0669 e. The molecule has 0 atom stereocenters. The van der Waals surface area contributed by atoms with E-state index >= 15 is 0 Å². The highest BCUT2D eigenvalue weighted by atomic mass is 14.2. The molecule has 0 amide bonds. The van der Waals surface area contributed by atoms with E-state index in [-0.39, 0.29) is 0 Å². The first-order valence-corrected chi connectivity index (χ1v) is 7.75. The summed E-state index contributed by atoms with van der Waals surface area (Å²) in [5.74, 6) is 0. The number of nitrogens with zero attached hydrogens (tertiary/aromatic N) is 2. The van der Waals surface area contributed by atoms with Crippen LogP contribution in [-0.4, -0.2) is 0 Å². The largest absolute Gasteiger partial charge is 0.198 e. The van der Waals surface area contributed by atoms with Crippen LogP contribution in [0.5, 0.6) is 0 Å². The van der Waals surface area contributed by atoms with Gasteiger partial charge in [0.05, 0.1) is 25.0 Å². The van der Waals surface area contributed by atoms with Crippen molar-refractivity contribution in [2.45, 2.75) is 38.5 Å². The first-order chi connectivity index (χ1) is 10.8. The summed E-state index contributed by atoms with van der Waals surface area (Å²) in [6.07, 6.45) is 4.78. The van der Waals surface area contributed by atoms with Gasteiger partial charge >= 0.3 is 0 Å². The fourth-order valence-corrected chi connectivity index (χ4v) is 3.21. The third-order valence-corrected chi connectivity index (χ3v) is 4.45. The van der Waals surface area contributed by atoms with Crippen LogP contribution in [-0.2, 0) is 38.5 Å². The molecule has 4 bridgehead atoms. The number of hydrogen-bond donors (Lipinski definition) is 0. The third-order valence-electron chi connectivity index (χ3n) is 4.45. The Hall–Kier alpha value is -2.58. The highest BCUT2D eigenvalue weighted by Crippen LogP contribution is 2.22. The Morgan fingerprint density at radius 2 is 1.14 bits per heavy atom. The number of aryl methyl sites for hydroxylation is 4. The lowest BCUT2D eigenvalue weighted by Crippen LogP contribution is -2.04. The molecule has 4 aliphatic carbocycles.